The fraction of sp³-hybridized carbons (Fsp3) is 0.211. The molecule has 0 amide bonds. The lowest BCUT2D eigenvalue weighted by Gasteiger charge is -2.11. The van der Waals surface area contributed by atoms with Gasteiger partial charge in [0.1, 0.15) is 11.9 Å². The van der Waals surface area contributed by atoms with Crippen LogP contribution in [0.25, 0.3) is 4.96 Å². The van der Waals surface area contributed by atoms with Crippen molar-refractivity contribution in [1.29, 1.82) is 0 Å². The Kier molecular flexibility index (Phi) is 4.19. The molecule has 5 nitrogen and oxygen atoms in total. The minimum Gasteiger partial charge on any atom is -0.483 e. The Labute approximate surface area is 149 Å². The van der Waals surface area contributed by atoms with Crippen LogP contribution in [0.2, 0.25) is 0 Å². The predicted octanol–water partition coefficient (Wildman–Crippen LogP) is 4.23. The van der Waals surface area contributed by atoms with Crippen molar-refractivity contribution < 1.29 is 4.74 Å². The van der Waals surface area contributed by atoms with Gasteiger partial charge < -0.3 is 4.74 Å². The van der Waals surface area contributed by atoms with Crippen LogP contribution < -0.4 is 4.74 Å². The Morgan fingerprint density at radius 2 is 1.80 bits per heavy atom. The lowest BCUT2D eigenvalue weighted by atomic mass is 10.1. The second kappa shape index (κ2) is 6.64. The third kappa shape index (κ3) is 3.25. The summed E-state index contributed by atoms with van der Waals surface area (Å²) in [6, 6.07) is 18.1. The van der Waals surface area contributed by atoms with Crippen LogP contribution >= 0.6 is 11.3 Å². The minimum atomic E-state index is -0.139. The number of fused-ring (bicyclic) bond motifs is 1. The number of aromatic nitrogens is 4. The van der Waals surface area contributed by atoms with Crippen molar-refractivity contribution in [3.8, 4) is 5.75 Å². The summed E-state index contributed by atoms with van der Waals surface area (Å²) in [4.78, 5) is 0.794. The highest BCUT2D eigenvalue weighted by atomic mass is 32.1. The highest BCUT2D eigenvalue weighted by Gasteiger charge is 2.17. The van der Waals surface area contributed by atoms with Crippen LogP contribution in [0, 0.1) is 6.92 Å². The van der Waals surface area contributed by atoms with Gasteiger partial charge in [0, 0.05) is 6.42 Å². The largest absolute Gasteiger partial charge is 0.483 e. The van der Waals surface area contributed by atoms with E-state index in [1.165, 1.54) is 22.5 Å². The average Bonchev–Trinajstić information content (AvgIpc) is 3.20. The molecule has 0 aliphatic rings. The molecule has 2 aromatic carbocycles. The number of nitrogens with zero attached hydrogens (tertiary/aromatic N) is 4. The molecule has 2 aromatic heterocycles. The second-order valence-electron chi connectivity index (χ2n) is 5.93. The van der Waals surface area contributed by atoms with Crippen molar-refractivity contribution in [3.05, 3.63) is 76.6 Å². The summed E-state index contributed by atoms with van der Waals surface area (Å²) < 4.78 is 7.79. The van der Waals surface area contributed by atoms with Crippen LogP contribution in [0.15, 0.2) is 54.6 Å². The van der Waals surface area contributed by atoms with Crippen molar-refractivity contribution in [1.82, 2.24) is 19.8 Å². The number of ether oxygens (including phenoxy) is 1. The second-order valence-corrected chi connectivity index (χ2v) is 6.91. The first kappa shape index (κ1) is 15.8. The third-order valence-electron chi connectivity index (χ3n) is 4.08. The van der Waals surface area contributed by atoms with Crippen LogP contribution in [-0.4, -0.2) is 19.8 Å². The monoisotopic (exact) mass is 350 g/mol. The third-order valence-corrected chi connectivity index (χ3v) is 5.14. The Bertz CT molecular complexity index is 993. The number of para-hydroxylation sites is 1. The molecule has 4 aromatic rings. The molecule has 0 fully saturated rings. The summed E-state index contributed by atoms with van der Waals surface area (Å²) in [5, 5.41) is 14.1. The van der Waals surface area contributed by atoms with Crippen molar-refractivity contribution in [3.63, 3.8) is 0 Å². The maximum atomic E-state index is 5.96. The molecule has 0 N–H and O–H groups in total. The number of aryl methyl sites for hydroxylation is 1. The number of hydrogen-bond donors (Lipinski definition) is 0. The topological polar surface area (TPSA) is 52.3 Å². The predicted molar refractivity (Wildman–Crippen MR) is 98.1 cm³/mol. The van der Waals surface area contributed by atoms with Gasteiger partial charge in [-0.3, -0.25) is 0 Å². The summed E-state index contributed by atoms with van der Waals surface area (Å²) in [6.45, 7) is 4.11. The Morgan fingerprint density at radius 3 is 2.60 bits per heavy atom. The molecule has 0 aliphatic heterocycles. The van der Waals surface area contributed by atoms with Gasteiger partial charge in [0.15, 0.2) is 10.8 Å². The molecular formula is C19H18N4OS. The van der Waals surface area contributed by atoms with E-state index < -0.39 is 0 Å². The van der Waals surface area contributed by atoms with Crippen molar-refractivity contribution in [2.24, 2.45) is 0 Å². The van der Waals surface area contributed by atoms with Crippen LogP contribution in [-0.2, 0) is 6.42 Å². The zero-order valence-corrected chi connectivity index (χ0v) is 14.9. The number of rotatable bonds is 5. The van der Waals surface area contributed by atoms with E-state index in [0.717, 1.165) is 21.5 Å². The summed E-state index contributed by atoms with van der Waals surface area (Å²) in [5.74, 6) is 1.68. The van der Waals surface area contributed by atoms with Gasteiger partial charge in [-0.15, -0.1) is 10.2 Å². The van der Waals surface area contributed by atoms with Gasteiger partial charge >= 0.3 is 0 Å². The molecule has 4 rings (SSSR count). The van der Waals surface area contributed by atoms with E-state index in [2.05, 4.69) is 34.4 Å². The molecule has 0 saturated heterocycles. The molecule has 0 aliphatic carbocycles. The molecular weight excluding hydrogens is 332 g/mol. The molecule has 2 heterocycles. The molecule has 1 atom stereocenters. The van der Waals surface area contributed by atoms with Crippen molar-refractivity contribution in [2.75, 3.05) is 0 Å². The van der Waals surface area contributed by atoms with Crippen LogP contribution in [0.1, 0.15) is 35.0 Å². The van der Waals surface area contributed by atoms with E-state index in [-0.39, 0.29) is 6.10 Å². The summed E-state index contributed by atoms with van der Waals surface area (Å²) in [5.41, 5.74) is 2.48. The normalized spacial score (nSPS) is 12.4. The lowest BCUT2D eigenvalue weighted by molar-refractivity contribution is 0.225. The molecule has 0 radical (unpaired) electrons. The number of hydrogen-bond acceptors (Lipinski definition) is 5. The van der Waals surface area contributed by atoms with Gasteiger partial charge in [-0.2, -0.15) is 9.61 Å². The molecule has 25 heavy (non-hydrogen) atoms. The smallest absolute Gasteiger partial charge is 0.234 e. The van der Waals surface area contributed by atoms with Gasteiger partial charge in [0.25, 0.3) is 0 Å². The highest BCUT2D eigenvalue weighted by molar-refractivity contribution is 7.16. The first-order valence-electron chi connectivity index (χ1n) is 8.18. The molecule has 0 saturated carbocycles. The quantitative estimate of drug-likeness (QED) is 0.541. The van der Waals surface area contributed by atoms with Gasteiger partial charge in [0.05, 0.1) is 0 Å². The molecule has 0 bridgehead atoms. The van der Waals surface area contributed by atoms with Gasteiger partial charge in [0.2, 0.25) is 4.96 Å². The summed E-state index contributed by atoms with van der Waals surface area (Å²) >= 11 is 1.51. The molecule has 6 heteroatoms. The maximum absolute atomic E-state index is 5.96. The first-order valence-corrected chi connectivity index (χ1v) is 8.99. The van der Waals surface area contributed by atoms with Gasteiger partial charge in [-0.25, -0.2) is 0 Å². The van der Waals surface area contributed by atoms with E-state index >= 15 is 0 Å². The SMILES string of the molecule is Cc1ccccc1Cc1nnc2sc(C(C)Oc3ccccc3)nn12. The van der Waals surface area contributed by atoms with E-state index in [0.29, 0.717) is 6.42 Å². The zero-order chi connectivity index (χ0) is 17.2. The molecule has 0 spiro atoms. The summed E-state index contributed by atoms with van der Waals surface area (Å²) in [6.07, 6.45) is 0.575. The van der Waals surface area contributed by atoms with Crippen LogP contribution in [0.4, 0.5) is 0 Å². The van der Waals surface area contributed by atoms with Gasteiger partial charge in [-0.05, 0) is 37.1 Å². The molecule has 1 unspecified atom stereocenters. The van der Waals surface area contributed by atoms with Gasteiger partial charge in [-0.1, -0.05) is 53.8 Å². The first-order chi connectivity index (χ1) is 12.2. The van der Waals surface area contributed by atoms with Crippen molar-refractivity contribution >= 4 is 16.3 Å². The lowest BCUT2D eigenvalue weighted by Crippen LogP contribution is -2.05. The number of benzene rings is 2. The van der Waals surface area contributed by atoms with E-state index in [1.54, 1.807) is 0 Å². The highest BCUT2D eigenvalue weighted by Crippen LogP contribution is 2.26. The fourth-order valence-electron chi connectivity index (χ4n) is 2.68. The van der Waals surface area contributed by atoms with E-state index in [9.17, 15) is 0 Å². The van der Waals surface area contributed by atoms with Crippen molar-refractivity contribution in [2.45, 2.75) is 26.4 Å². The standard InChI is InChI=1S/C19H18N4OS/c1-13-8-6-7-9-15(13)12-17-20-21-19-23(17)22-18(25-19)14(2)24-16-10-4-3-5-11-16/h3-11,14H,12H2,1-2H3. The Morgan fingerprint density at radius 1 is 1.04 bits per heavy atom. The van der Waals surface area contributed by atoms with E-state index in [4.69, 9.17) is 4.74 Å². The van der Waals surface area contributed by atoms with Crippen LogP contribution in [0.5, 0.6) is 5.75 Å². The van der Waals surface area contributed by atoms with Crippen LogP contribution in [0.3, 0.4) is 0 Å². The fourth-order valence-corrected chi connectivity index (χ4v) is 3.52. The van der Waals surface area contributed by atoms with E-state index in [1.807, 2.05) is 53.9 Å². The minimum absolute atomic E-state index is 0.139. The zero-order valence-electron chi connectivity index (χ0n) is 14.1. The maximum Gasteiger partial charge on any atom is 0.234 e. The average molecular weight is 350 g/mol. The summed E-state index contributed by atoms with van der Waals surface area (Å²) in [7, 11) is 0. The Balaban J connectivity index is 1.59. The molecule has 126 valence electrons. The Hall–Kier alpha value is -2.73.